The summed E-state index contributed by atoms with van der Waals surface area (Å²) in [5, 5.41) is 9.92. The Balaban J connectivity index is 1.57. The summed E-state index contributed by atoms with van der Waals surface area (Å²) in [6.45, 7) is 5.08. The highest BCUT2D eigenvalue weighted by atomic mass is 35.5. The predicted molar refractivity (Wildman–Crippen MR) is 106 cm³/mol. The molecular weight excluding hydrogens is 360 g/mol. The Morgan fingerprint density at radius 2 is 1.70 bits per heavy atom. The standard InChI is InChI=1S/C22H23ClN2O2/c1-22(2,15-24)17-5-3-16(4-6-17)21(26)25-13-11-20(12-14-25)27-19-9-7-18(23)8-10-19/h3-10,20H,11-14H2,1-2H3. The van der Waals surface area contributed by atoms with Crippen LogP contribution in [0.1, 0.15) is 42.6 Å². The molecule has 5 heteroatoms. The van der Waals surface area contributed by atoms with Crippen LogP contribution in [-0.2, 0) is 5.41 Å². The Bertz CT molecular complexity index is 830. The molecule has 1 aliphatic rings. The lowest BCUT2D eigenvalue weighted by molar-refractivity contribution is 0.0595. The number of rotatable bonds is 4. The van der Waals surface area contributed by atoms with E-state index < -0.39 is 5.41 Å². The number of hydrogen-bond donors (Lipinski definition) is 0. The smallest absolute Gasteiger partial charge is 0.253 e. The normalized spacial score (nSPS) is 15.3. The maximum atomic E-state index is 12.7. The minimum atomic E-state index is -0.557. The Labute approximate surface area is 165 Å². The zero-order chi connectivity index (χ0) is 19.4. The third-order valence-corrected chi connectivity index (χ3v) is 5.23. The van der Waals surface area contributed by atoms with Crippen LogP contribution in [-0.4, -0.2) is 30.0 Å². The summed E-state index contributed by atoms with van der Waals surface area (Å²) in [7, 11) is 0. The molecule has 0 unspecified atom stereocenters. The Morgan fingerprint density at radius 3 is 2.26 bits per heavy atom. The maximum absolute atomic E-state index is 12.7. The van der Waals surface area contributed by atoms with E-state index in [0.29, 0.717) is 23.7 Å². The fraction of sp³-hybridized carbons (Fsp3) is 0.364. The fourth-order valence-electron chi connectivity index (χ4n) is 3.16. The zero-order valence-corrected chi connectivity index (χ0v) is 16.4. The van der Waals surface area contributed by atoms with Crippen LogP contribution in [0.2, 0.25) is 5.02 Å². The molecule has 1 aliphatic heterocycles. The van der Waals surface area contributed by atoms with E-state index in [1.807, 2.05) is 67.3 Å². The van der Waals surface area contributed by atoms with Gasteiger partial charge in [-0.25, -0.2) is 0 Å². The quantitative estimate of drug-likeness (QED) is 0.761. The topological polar surface area (TPSA) is 53.3 Å². The summed E-state index contributed by atoms with van der Waals surface area (Å²) in [5.41, 5.74) is 1.01. The summed E-state index contributed by atoms with van der Waals surface area (Å²) in [4.78, 5) is 14.6. The molecule has 2 aromatic rings. The summed E-state index contributed by atoms with van der Waals surface area (Å²) in [6, 6.07) is 17.0. The number of piperidine rings is 1. The molecule has 1 heterocycles. The van der Waals surface area contributed by atoms with E-state index in [4.69, 9.17) is 16.3 Å². The Kier molecular flexibility index (Phi) is 5.72. The van der Waals surface area contributed by atoms with E-state index in [9.17, 15) is 10.1 Å². The number of nitrogens with zero attached hydrogens (tertiary/aromatic N) is 2. The first-order valence-corrected chi connectivity index (χ1v) is 9.50. The minimum Gasteiger partial charge on any atom is -0.490 e. The molecule has 0 radical (unpaired) electrons. The van der Waals surface area contributed by atoms with Crippen LogP contribution in [0.4, 0.5) is 0 Å². The number of nitriles is 1. The van der Waals surface area contributed by atoms with Crippen molar-refractivity contribution >= 4 is 17.5 Å². The fourth-order valence-corrected chi connectivity index (χ4v) is 3.28. The van der Waals surface area contributed by atoms with Crippen molar-refractivity contribution in [1.29, 1.82) is 5.26 Å². The third kappa shape index (κ3) is 4.61. The van der Waals surface area contributed by atoms with Crippen molar-refractivity contribution in [2.75, 3.05) is 13.1 Å². The lowest BCUT2D eigenvalue weighted by Crippen LogP contribution is -2.41. The average Bonchev–Trinajstić information content (AvgIpc) is 2.70. The van der Waals surface area contributed by atoms with Gasteiger partial charge in [-0.05, 0) is 55.8 Å². The van der Waals surface area contributed by atoms with Crippen molar-refractivity contribution < 1.29 is 9.53 Å². The molecular formula is C22H23ClN2O2. The number of carbonyl (C=O) groups excluding carboxylic acids is 1. The van der Waals surface area contributed by atoms with E-state index in [2.05, 4.69) is 6.07 Å². The molecule has 27 heavy (non-hydrogen) atoms. The van der Waals surface area contributed by atoms with Gasteiger partial charge in [0, 0.05) is 36.5 Å². The van der Waals surface area contributed by atoms with Crippen molar-refractivity contribution in [1.82, 2.24) is 4.90 Å². The van der Waals surface area contributed by atoms with E-state index >= 15 is 0 Å². The molecule has 1 amide bonds. The van der Waals surface area contributed by atoms with Crippen molar-refractivity contribution in [3.63, 3.8) is 0 Å². The second kappa shape index (κ2) is 8.02. The maximum Gasteiger partial charge on any atom is 0.253 e. The molecule has 2 aromatic carbocycles. The molecule has 1 fully saturated rings. The van der Waals surface area contributed by atoms with E-state index in [1.54, 1.807) is 0 Å². The van der Waals surface area contributed by atoms with Crippen LogP contribution in [0.15, 0.2) is 48.5 Å². The van der Waals surface area contributed by atoms with Crippen LogP contribution >= 0.6 is 11.6 Å². The molecule has 0 aliphatic carbocycles. The first kappa shape index (κ1) is 19.3. The molecule has 0 saturated carbocycles. The van der Waals surface area contributed by atoms with Gasteiger partial charge in [-0.2, -0.15) is 5.26 Å². The molecule has 0 aromatic heterocycles. The van der Waals surface area contributed by atoms with Gasteiger partial charge in [0.05, 0.1) is 11.5 Å². The summed E-state index contributed by atoms with van der Waals surface area (Å²) in [5.74, 6) is 0.834. The highest BCUT2D eigenvalue weighted by Crippen LogP contribution is 2.24. The number of ether oxygens (including phenoxy) is 1. The largest absolute Gasteiger partial charge is 0.490 e. The lowest BCUT2D eigenvalue weighted by atomic mass is 9.86. The molecule has 140 valence electrons. The van der Waals surface area contributed by atoms with Crippen molar-refractivity contribution in [3.05, 3.63) is 64.7 Å². The Hall–Kier alpha value is -2.51. The highest BCUT2D eigenvalue weighted by molar-refractivity contribution is 6.30. The lowest BCUT2D eigenvalue weighted by Gasteiger charge is -2.32. The second-order valence-electron chi connectivity index (χ2n) is 7.38. The van der Waals surface area contributed by atoms with E-state index in [1.165, 1.54) is 0 Å². The average molecular weight is 383 g/mol. The number of halogens is 1. The van der Waals surface area contributed by atoms with Crippen LogP contribution in [0.3, 0.4) is 0 Å². The Morgan fingerprint density at radius 1 is 1.11 bits per heavy atom. The van der Waals surface area contributed by atoms with Crippen LogP contribution in [0, 0.1) is 11.3 Å². The molecule has 3 rings (SSSR count). The summed E-state index contributed by atoms with van der Waals surface area (Å²) >= 11 is 5.89. The highest BCUT2D eigenvalue weighted by Gasteiger charge is 2.25. The van der Waals surface area contributed by atoms with Crippen molar-refractivity contribution in [2.45, 2.75) is 38.2 Å². The van der Waals surface area contributed by atoms with Gasteiger partial charge < -0.3 is 9.64 Å². The number of carbonyl (C=O) groups is 1. The first-order valence-electron chi connectivity index (χ1n) is 9.12. The monoisotopic (exact) mass is 382 g/mol. The zero-order valence-electron chi connectivity index (χ0n) is 15.6. The molecule has 0 atom stereocenters. The van der Waals surface area contributed by atoms with Crippen molar-refractivity contribution in [2.24, 2.45) is 0 Å². The second-order valence-corrected chi connectivity index (χ2v) is 7.81. The van der Waals surface area contributed by atoms with E-state index in [0.717, 1.165) is 24.2 Å². The van der Waals surface area contributed by atoms with Gasteiger partial charge in [-0.3, -0.25) is 4.79 Å². The van der Waals surface area contributed by atoms with Crippen LogP contribution in [0.25, 0.3) is 0 Å². The van der Waals surface area contributed by atoms with Gasteiger partial charge >= 0.3 is 0 Å². The molecule has 0 N–H and O–H groups in total. The van der Waals surface area contributed by atoms with Gasteiger partial charge in [0.15, 0.2) is 0 Å². The first-order chi connectivity index (χ1) is 12.9. The van der Waals surface area contributed by atoms with Crippen molar-refractivity contribution in [3.8, 4) is 11.8 Å². The van der Waals surface area contributed by atoms with Crippen LogP contribution < -0.4 is 4.74 Å². The number of benzene rings is 2. The van der Waals surface area contributed by atoms with Gasteiger partial charge in [0.25, 0.3) is 5.91 Å². The van der Waals surface area contributed by atoms with Crippen LogP contribution in [0.5, 0.6) is 5.75 Å². The predicted octanol–water partition coefficient (Wildman–Crippen LogP) is 4.82. The molecule has 0 bridgehead atoms. The summed E-state index contributed by atoms with van der Waals surface area (Å²) in [6.07, 6.45) is 1.70. The SMILES string of the molecule is CC(C)(C#N)c1ccc(C(=O)N2CCC(Oc3ccc(Cl)cc3)CC2)cc1. The van der Waals surface area contributed by atoms with E-state index in [-0.39, 0.29) is 12.0 Å². The minimum absolute atomic E-state index is 0.0289. The summed E-state index contributed by atoms with van der Waals surface area (Å²) < 4.78 is 5.98. The number of hydrogen-bond acceptors (Lipinski definition) is 3. The molecule has 4 nitrogen and oxygen atoms in total. The number of amides is 1. The third-order valence-electron chi connectivity index (χ3n) is 4.98. The molecule has 0 spiro atoms. The van der Waals surface area contributed by atoms with Gasteiger partial charge in [-0.1, -0.05) is 23.7 Å². The number of likely N-dealkylation sites (tertiary alicyclic amines) is 1. The molecule has 1 saturated heterocycles. The van der Waals surface area contributed by atoms with Gasteiger partial charge in [-0.15, -0.1) is 0 Å². The van der Waals surface area contributed by atoms with Gasteiger partial charge in [0.2, 0.25) is 0 Å². The van der Waals surface area contributed by atoms with Gasteiger partial charge in [0.1, 0.15) is 11.9 Å².